The molecule has 0 atom stereocenters. The van der Waals surface area contributed by atoms with E-state index in [1.54, 1.807) is 42.5 Å². The van der Waals surface area contributed by atoms with E-state index in [0.29, 0.717) is 27.0 Å². The minimum atomic E-state index is -4.01. The number of amides is 1. The van der Waals surface area contributed by atoms with E-state index in [1.165, 1.54) is 30.2 Å². The molecule has 1 aliphatic rings. The molecule has 1 fully saturated rings. The molecule has 1 heterocycles. The van der Waals surface area contributed by atoms with Gasteiger partial charge in [0.2, 0.25) is 0 Å². The molecule has 0 N–H and O–H groups in total. The van der Waals surface area contributed by atoms with E-state index in [1.807, 2.05) is 25.1 Å². The molecule has 196 valence electrons. The lowest BCUT2D eigenvalue weighted by Crippen LogP contribution is -2.29. The first-order valence-electron chi connectivity index (χ1n) is 11.5. The summed E-state index contributed by atoms with van der Waals surface area (Å²) in [6, 6.07) is 19.0. The van der Waals surface area contributed by atoms with Crippen molar-refractivity contribution in [1.29, 1.82) is 0 Å². The SMILES string of the molecule is C=CCN1C(=O)/C(=C/c2ccc(OCc3ccccc3Cl)c(OC)c2)SC1=NS(=O)(=O)c1ccc(C)cc1. The number of ether oxygens (including phenoxy) is 2. The van der Waals surface area contributed by atoms with Crippen molar-refractivity contribution in [3.05, 3.63) is 106 Å². The van der Waals surface area contributed by atoms with Crippen molar-refractivity contribution < 1.29 is 22.7 Å². The molecular formula is C28H25ClN2O5S2. The van der Waals surface area contributed by atoms with Crippen LogP contribution >= 0.6 is 23.4 Å². The van der Waals surface area contributed by atoms with Crippen LogP contribution in [-0.2, 0) is 21.4 Å². The molecule has 0 aromatic heterocycles. The minimum Gasteiger partial charge on any atom is -0.493 e. The average molecular weight is 569 g/mol. The normalized spacial score (nSPS) is 15.8. The molecule has 3 aromatic carbocycles. The molecule has 38 heavy (non-hydrogen) atoms. The van der Waals surface area contributed by atoms with Gasteiger partial charge in [0, 0.05) is 17.1 Å². The molecule has 0 saturated carbocycles. The Morgan fingerprint density at radius 1 is 1.08 bits per heavy atom. The first-order valence-corrected chi connectivity index (χ1v) is 14.1. The third-order valence-corrected chi connectivity index (χ3v) is 8.32. The highest BCUT2D eigenvalue weighted by Gasteiger charge is 2.34. The zero-order chi connectivity index (χ0) is 27.3. The van der Waals surface area contributed by atoms with Crippen molar-refractivity contribution in [2.24, 2.45) is 4.40 Å². The van der Waals surface area contributed by atoms with E-state index >= 15 is 0 Å². The number of thioether (sulfide) groups is 1. The summed E-state index contributed by atoms with van der Waals surface area (Å²) in [5.41, 5.74) is 2.44. The molecule has 0 spiro atoms. The van der Waals surface area contributed by atoms with Gasteiger partial charge in [-0.1, -0.05) is 59.6 Å². The third kappa shape index (κ3) is 6.30. The first-order chi connectivity index (χ1) is 18.2. The lowest BCUT2D eigenvalue weighted by Gasteiger charge is -2.13. The Bertz CT molecular complexity index is 1530. The van der Waals surface area contributed by atoms with E-state index < -0.39 is 10.0 Å². The number of carbonyl (C=O) groups excluding carboxylic acids is 1. The van der Waals surface area contributed by atoms with Gasteiger partial charge < -0.3 is 9.47 Å². The summed E-state index contributed by atoms with van der Waals surface area (Å²) in [6.45, 7) is 5.92. The summed E-state index contributed by atoms with van der Waals surface area (Å²) < 4.78 is 41.2. The lowest BCUT2D eigenvalue weighted by atomic mass is 10.1. The number of halogens is 1. The second-order valence-corrected chi connectivity index (χ2v) is 11.3. The smallest absolute Gasteiger partial charge is 0.284 e. The third-order valence-electron chi connectivity index (χ3n) is 5.54. The fourth-order valence-electron chi connectivity index (χ4n) is 3.55. The maximum absolute atomic E-state index is 13.1. The summed E-state index contributed by atoms with van der Waals surface area (Å²) in [6.07, 6.45) is 3.17. The van der Waals surface area contributed by atoms with Crippen molar-refractivity contribution in [2.75, 3.05) is 13.7 Å². The zero-order valence-electron chi connectivity index (χ0n) is 20.8. The highest BCUT2D eigenvalue weighted by molar-refractivity contribution is 8.19. The Balaban J connectivity index is 1.59. The molecule has 0 bridgehead atoms. The van der Waals surface area contributed by atoms with Crippen LogP contribution in [0.3, 0.4) is 0 Å². The number of benzene rings is 3. The van der Waals surface area contributed by atoms with Crippen LogP contribution in [0.4, 0.5) is 0 Å². The number of nitrogens with zero attached hydrogens (tertiary/aromatic N) is 2. The number of rotatable bonds is 9. The Labute approximate surface area is 231 Å². The van der Waals surface area contributed by atoms with Gasteiger partial charge >= 0.3 is 0 Å². The van der Waals surface area contributed by atoms with Gasteiger partial charge in [0.05, 0.1) is 16.9 Å². The molecule has 0 radical (unpaired) electrons. The average Bonchev–Trinajstić information content (AvgIpc) is 3.17. The van der Waals surface area contributed by atoms with Crippen LogP contribution in [0.1, 0.15) is 16.7 Å². The second-order valence-electron chi connectivity index (χ2n) is 8.27. The number of amidine groups is 1. The number of sulfonamides is 1. The van der Waals surface area contributed by atoms with Gasteiger partial charge in [-0.2, -0.15) is 8.42 Å². The summed E-state index contributed by atoms with van der Waals surface area (Å²) in [4.78, 5) is 14.8. The molecule has 0 unspecified atom stereocenters. The van der Waals surface area contributed by atoms with Crippen molar-refractivity contribution in [3.63, 3.8) is 0 Å². The van der Waals surface area contributed by atoms with Crippen molar-refractivity contribution in [1.82, 2.24) is 4.90 Å². The number of aryl methyl sites for hydroxylation is 1. The second kappa shape index (κ2) is 11.9. The molecular weight excluding hydrogens is 544 g/mol. The summed E-state index contributed by atoms with van der Waals surface area (Å²) in [5, 5.41) is 0.670. The number of methoxy groups -OCH3 is 1. The highest BCUT2D eigenvalue weighted by Crippen LogP contribution is 2.36. The molecule has 10 heteroatoms. The monoisotopic (exact) mass is 568 g/mol. The van der Waals surface area contributed by atoms with Crippen LogP contribution in [0.2, 0.25) is 5.02 Å². The van der Waals surface area contributed by atoms with Crippen LogP contribution < -0.4 is 9.47 Å². The van der Waals surface area contributed by atoms with Gasteiger partial charge in [-0.15, -0.1) is 11.0 Å². The minimum absolute atomic E-state index is 0.0525. The largest absolute Gasteiger partial charge is 0.493 e. The van der Waals surface area contributed by atoms with Crippen molar-refractivity contribution in [3.8, 4) is 11.5 Å². The molecule has 3 aromatic rings. The summed E-state index contributed by atoms with van der Waals surface area (Å²) in [7, 11) is -2.49. The van der Waals surface area contributed by atoms with Gasteiger partial charge in [0.1, 0.15) is 6.61 Å². The van der Waals surface area contributed by atoms with Gasteiger partial charge in [0.15, 0.2) is 16.7 Å². The van der Waals surface area contributed by atoms with E-state index in [2.05, 4.69) is 11.0 Å². The van der Waals surface area contributed by atoms with Crippen LogP contribution in [0.25, 0.3) is 6.08 Å². The van der Waals surface area contributed by atoms with Crippen LogP contribution in [0.5, 0.6) is 11.5 Å². The molecule has 1 saturated heterocycles. The molecule has 7 nitrogen and oxygen atoms in total. The predicted molar refractivity (Wildman–Crippen MR) is 152 cm³/mol. The van der Waals surface area contributed by atoms with Gasteiger partial charge in [-0.05, 0) is 60.7 Å². The molecule has 1 aliphatic heterocycles. The van der Waals surface area contributed by atoms with Gasteiger partial charge in [-0.25, -0.2) is 0 Å². The van der Waals surface area contributed by atoms with E-state index in [0.717, 1.165) is 22.9 Å². The standard InChI is InChI=1S/C28H25ClN2O5S2/c1-4-15-31-27(32)26(37-28(31)30-38(33,34)22-12-9-19(2)10-13-22)17-20-11-14-24(25(16-20)35-3)36-18-21-7-5-6-8-23(21)29/h4-14,16-17H,1,15,18H2,2-3H3/b26-17-,30-28?. The van der Waals surface area contributed by atoms with Crippen LogP contribution in [-0.4, -0.2) is 38.0 Å². The van der Waals surface area contributed by atoms with Crippen molar-refractivity contribution in [2.45, 2.75) is 18.4 Å². The first kappa shape index (κ1) is 27.5. The zero-order valence-corrected chi connectivity index (χ0v) is 23.1. The topological polar surface area (TPSA) is 85.3 Å². The lowest BCUT2D eigenvalue weighted by molar-refractivity contribution is -0.121. The number of hydrogen-bond acceptors (Lipinski definition) is 6. The fraction of sp³-hybridized carbons (Fsp3) is 0.143. The van der Waals surface area contributed by atoms with Crippen LogP contribution in [0, 0.1) is 6.92 Å². The Hall–Kier alpha value is -3.53. The Morgan fingerprint density at radius 3 is 2.50 bits per heavy atom. The Kier molecular flexibility index (Phi) is 8.61. The molecule has 0 aliphatic carbocycles. The number of hydrogen-bond donors (Lipinski definition) is 0. The van der Waals surface area contributed by atoms with Crippen LogP contribution in [0.15, 0.2) is 93.6 Å². The molecule has 4 rings (SSSR count). The van der Waals surface area contributed by atoms with E-state index in [9.17, 15) is 13.2 Å². The quantitative estimate of drug-likeness (QED) is 0.230. The maximum atomic E-state index is 13.1. The van der Waals surface area contributed by atoms with Gasteiger partial charge in [-0.3, -0.25) is 9.69 Å². The predicted octanol–water partition coefficient (Wildman–Crippen LogP) is 6.08. The number of carbonyl (C=O) groups is 1. The highest BCUT2D eigenvalue weighted by atomic mass is 35.5. The summed E-state index contributed by atoms with van der Waals surface area (Å²) >= 11 is 7.20. The van der Waals surface area contributed by atoms with E-state index in [-0.39, 0.29) is 29.1 Å². The van der Waals surface area contributed by atoms with Crippen molar-refractivity contribution >= 4 is 50.5 Å². The summed E-state index contributed by atoms with van der Waals surface area (Å²) in [5.74, 6) is 0.617. The maximum Gasteiger partial charge on any atom is 0.284 e. The Morgan fingerprint density at radius 2 is 1.82 bits per heavy atom. The fourth-order valence-corrected chi connectivity index (χ4v) is 5.93. The van der Waals surface area contributed by atoms with Gasteiger partial charge in [0.25, 0.3) is 15.9 Å². The van der Waals surface area contributed by atoms with E-state index in [4.69, 9.17) is 21.1 Å². The molecule has 1 amide bonds.